The second-order valence-electron chi connectivity index (χ2n) is 6.82. The normalized spacial score (nSPS) is 11.4. The summed E-state index contributed by atoms with van der Waals surface area (Å²) < 4.78 is 0. The second kappa shape index (κ2) is 6.29. The van der Waals surface area contributed by atoms with Crippen LogP contribution < -0.4 is 5.43 Å². The number of benzene rings is 1. The topological polar surface area (TPSA) is 49.4 Å². The summed E-state index contributed by atoms with van der Waals surface area (Å²) in [5.41, 5.74) is 4.89. The van der Waals surface area contributed by atoms with Gasteiger partial charge in [0.2, 0.25) is 5.91 Å². The summed E-state index contributed by atoms with van der Waals surface area (Å²) >= 11 is 0. The van der Waals surface area contributed by atoms with Gasteiger partial charge < -0.3 is 0 Å². The maximum absolute atomic E-state index is 12.8. The Balaban J connectivity index is 3.14. The third-order valence-electron chi connectivity index (χ3n) is 3.09. The molecule has 116 valence electrons. The third-order valence-corrected chi connectivity index (χ3v) is 3.09. The molecule has 4 heteroatoms. The van der Waals surface area contributed by atoms with Gasteiger partial charge in [0.15, 0.2) is 0 Å². The first kappa shape index (κ1) is 17.2. The van der Waals surface area contributed by atoms with Crippen LogP contribution >= 0.6 is 0 Å². The standard InChI is InChI=1S/C17H26N2O2/c1-11(2)15(20)18-19(17(5,6)7)16(21)14-9-12(3)8-13(4)10-14/h8-11H,1-7H3,(H,18,20). The van der Waals surface area contributed by atoms with Crippen LogP contribution in [0.1, 0.15) is 56.1 Å². The van der Waals surface area contributed by atoms with Gasteiger partial charge in [0.05, 0.1) is 5.54 Å². The number of nitrogens with zero attached hydrogens (tertiary/aromatic N) is 1. The van der Waals surface area contributed by atoms with E-state index in [1.165, 1.54) is 5.01 Å². The van der Waals surface area contributed by atoms with Crippen LogP contribution in [0.3, 0.4) is 0 Å². The number of amides is 2. The minimum Gasteiger partial charge on any atom is -0.273 e. The van der Waals surface area contributed by atoms with E-state index in [1.807, 2.05) is 52.8 Å². The first-order chi connectivity index (χ1) is 9.52. The van der Waals surface area contributed by atoms with Gasteiger partial charge in [-0.1, -0.05) is 31.0 Å². The summed E-state index contributed by atoms with van der Waals surface area (Å²) in [6, 6.07) is 5.70. The highest BCUT2D eigenvalue weighted by atomic mass is 16.2. The van der Waals surface area contributed by atoms with E-state index >= 15 is 0 Å². The molecule has 0 saturated heterocycles. The van der Waals surface area contributed by atoms with Crippen molar-refractivity contribution < 1.29 is 9.59 Å². The number of nitrogens with one attached hydrogen (secondary N) is 1. The Morgan fingerprint density at radius 3 is 1.90 bits per heavy atom. The van der Waals surface area contributed by atoms with Gasteiger partial charge >= 0.3 is 0 Å². The van der Waals surface area contributed by atoms with Crippen molar-refractivity contribution in [3.05, 3.63) is 34.9 Å². The highest BCUT2D eigenvalue weighted by Gasteiger charge is 2.30. The molecular weight excluding hydrogens is 264 g/mol. The van der Waals surface area contributed by atoms with Crippen molar-refractivity contribution in [2.45, 2.75) is 54.0 Å². The van der Waals surface area contributed by atoms with Crippen LogP contribution in [0.2, 0.25) is 0 Å². The molecule has 0 aliphatic heterocycles. The Bertz CT molecular complexity index is 522. The van der Waals surface area contributed by atoms with Crippen LogP contribution in [0.4, 0.5) is 0 Å². The molecule has 0 heterocycles. The van der Waals surface area contributed by atoms with E-state index < -0.39 is 5.54 Å². The van der Waals surface area contributed by atoms with Gasteiger partial charge in [0.25, 0.3) is 5.91 Å². The van der Waals surface area contributed by atoms with Crippen LogP contribution in [0.5, 0.6) is 0 Å². The minimum absolute atomic E-state index is 0.164. The van der Waals surface area contributed by atoms with Gasteiger partial charge in [-0.15, -0.1) is 0 Å². The molecule has 0 spiro atoms. The SMILES string of the molecule is Cc1cc(C)cc(C(=O)N(NC(=O)C(C)C)C(C)(C)C)c1. The molecule has 2 amide bonds. The molecule has 0 atom stereocenters. The minimum atomic E-state index is -0.501. The maximum Gasteiger partial charge on any atom is 0.272 e. The number of hydrogen-bond donors (Lipinski definition) is 1. The molecule has 0 aliphatic carbocycles. The Kier molecular flexibility index (Phi) is 5.15. The lowest BCUT2D eigenvalue weighted by molar-refractivity contribution is -0.129. The molecule has 0 aromatic heterocycles. The first-order valence-electron chi connectivity index (χ1n) is 7.25. The Labute approximate surface area is 127 Å². The van der Waals surface area contributed by atoms with E-state index in [0.29, 0.717) is 5.56 Å². The average Bonchev–Trinajstić information content (AvgIpc) is 2.31. The molecule has 21 heavy (non-hydrogen) atoms. The van der Waals surface area contributed by atoms with E-state index in [9.17, 15) is 9.59 Å². The van der Waals surface area contributed by atoms with Crippen molar-refractivity contribution in [3.63, 3.8) is 0 Å². The molecule has 4 nitrogen and oxygen atoms in total. The van der Waals surface area contributed by atoms with Gasteiger partial charge in [-0.2, -0.15) is 0 Å². The lowest BCUT2D eigenvalue weighted by atomic mass is 10.0. The van der Waals surface area contributed by atoms with Crippen molar-refractivity contribution >= 4 is 11.8 Å². The zero-order valence-corrected chi connectivity index (χ0v) is 14.1. The first-order valence-corrected chi connectivity index (χ1v) is 7.25. The molecule has 0 fully saturated rings. The van der Waals surface area contributed by atoms with Crippen molar-refractivity contribution in [3.8, 4) is 0 Å². The maximum atomic E-state index is 12.8. The van der Waals surface area contributed by atoms with Crippen LogP contribution in [-0.2, 0) is 4.79 Å². The fraction of sp³-hybridized carbons (Fsp3) is 0.529. The largest absolute Gasteiger partial charge is 0.273 e. The number of rotatable bonds is 2. The highest BCUT2D eigenvalue weighted by molar-refractivity contribution is 5.96. The second-order valence-corrected chi connectivity index (χ2v) is 6.82. The summed E-state index contributed by atoms with van der Waals surface area (Å²) in [6.07, 6.45) is 0. The zero-order valence-electron chi connectivity index (χ0n) is 14.1. The molecule has 0 bridgehead atoms. The average molecular weight is 290 g/mol. The molecule has 0 aliphatic rings. The number of hydrogen-bond acceptors (Lipinski definition) is 2. The predicted molar refractivity (Wildman–Crippen MR) is 84.8 cm³/mol. The Hall–Kier alpha value is -1.84. The molecule has 1 N–H and O–H groups in total. The summed E-state index contributed by atoms with van der Waals surface area (Å²) in [6.45, 7) is 13.2. The Morgan fingerprint density at radius 1 is 1.05 bits per heavy atom. The predicted octanol–water partition coefficient (Wildman–Crippen LogP) is 3.23. The molecular formula is C17H26N2O2. The van der Waals surface area contributed by atoms with Gasteiger partial charge in [-0.05, 0) is 46.8 Å². The molecule has 1 rings (SSSR count). The van der Waals surface area contributed by atoms with E-state index in [2.05, 4.69) is 5.43 Å². The molecule has 1 aromatic carbocycles. The number of carbonyl (C=O) groups excluding carboxylic acids is 2. The fourth-order valence-corrected chi connectivity index (χ4v) is 1.99. The van der Waals surface area contributed by atoms with Gasteiger partial charge in [0.1, 0.15) is 0 Å². The fourth-order valence-electron chi connectivity index (χ4n) is 1.99. The summed E-state index contributed by atoms with van der Waals surface area (Å²) in [5, 5.41) is 1.42. The van der Waals surface area contributed by atoms with Gasteiger partial charge in [0, 0.05) is 11.5 Å². The van der Waals surface area contributed by atoms with Crippen LogP contribution in [0.25, 0.3) is 0 Å². The summed E-state index contributed by atoms with van der Waals surface area (Å²) in [7, 11) is 0. The van der Waals surface area contributed by atoms with Gasteiger partial charge in [-0.25, -0.2) is 5.01 Å². The van der Waals surface area contributed by atoms with E-state index in [4.69, 9.17) is 0 Å². The molecule has 0 radical (unpaired) electrons. The van der Waals surface area contributed by atoms with Crippen LogP contribution in [0, 0.1) is 19.8 Å². The zero-order chi connectivity index (χ0) is 16.4. The lowest BCUT2D eigenvalue weighted by Crippen LogP contribution is -2.56. The highest BCUT2D eigenvalue weighted by Crippen LogP contribution is 2.17. The monoisotopic (exact) mass is 290 g/mol. The van der Waals surface area contributed by atoms with Crippen molar-refractivity contribution in [2.75, 3.05) is 0 Å². The Morgan fingerprint density at radius 2 is 1.52 bits per heavy atom. The summed E-state index contributed by atoms with van der Waals surface area (Å²) in [5.74, 6) is -0.534. The van der Waals surface area contributed by atoms with Gasteiger partial charge in [-0.3, -0.25) is 15.0 Å². The lowest BCUT2D eigenvalue weighted by Gasteiger charge is -2.36. The van der Waals surface area contributed by atoms with E-state index in [1.54, 1.807) is 13.8 Å². The van der Waals surface area contributed by atoms with Crippen LogP contribution in [0.15, 0.2) is 18.2 Å². The van der Waals surface area contributed by atoms with Crippen molar-refractivity contribution in [1.82, 2.24) is 10.4 Å². The molecule has 1 aromatic rings. The van der Waals surface area contributed by atoms with Crippen molar-refractivity contribution in [1.29, 1.82) is 0 Å². The number of hydrazine groups is 1. The van der Waals surface area contributed by atoms with E-state index in [0.717, 1.165) is 11.1 Å². The number of carbonyl (C=O) groups is 2. The molecule has 0 saturated carbocycles. The number of aryl methyl sites for hydroxylation is 2. The van der Waals surface area contributed by atoms with E-state index in [-0.39, 0.29) is 17.7 Å². The summed E-state index contributed by atoms with van der Waals surface area (Å²) in [4.78, 5) is 24.7. The third kappa shape index (κ3) is 4.59. The quantitative estimate of drug-likeness (QED) is 0.850. The van der Waals surface area contributed by atoms with Crippen molar-refractivity contribution in [2.24, 2.45) is 5.92 Å². The molecule has 0 unspecified atom stereocenters. The van der Waals surface area contributed by atoms with Crippen LogP contribution in [-0.4, -0.2) is 22.4 Å². The smallest absolute Gasteiger partial charge is 0.272 e.